The van der Waals surface area contributed by atoms with Crippen LogP contribution >= 0.6 is 0 Å². The van der Waals surface area contributed by atoms with Crippen LogP contribution in [0.5, 0.6) is 23.0 Å². The van der Waals surface area contributed by atoms with E-state index in [0.717, 1.165) is 24.8 Å². The lowest BCUT2D eigenvalue weighted by Crippen LogP contribution is -2.34. The fraction of sp³-hybridized carbons (Fsp3) is 0.333. The number of hydrogen-bond donors (Lipinski definition) is 2. The van der Waals surface area contributed by atoms with Crippen molar-refractivity contribution in [1.29, 1.82) is 0 Å². The van der Waals surface area contributed by atoms with Crippen molar-refractivity contribution in [3.63, 3.8) is 0 Å². The predicted molar refractivity (Wildman–Crippen MR) is 169 cm³/mol. The third-order valence-electron chi connectivity index (χ3n) is 7.76. The van der Waals surface area contributed by atoms with Crippen LogP contribution in [-0.4, -0.2) is 36.0 Å². The van der Waals surface area contributed by atoms with E-state index >= 15 is 0 Å². The first kappa shape index (κ1) is 32.2. The molecule has 222 valence electrons. The Bertz CT molecular complexity index is 1330. The number of allylic oxidation sites excluding steroid dienone is 7. The number of hydrogen-bond acceptors (Lipinski definition) is 6. The van der Waals surface area contributed by atoms with Crippen molar-refractivity contribution in [1.82, 2.24) is 0 Å². The number of phenolic OH excluding ortho intramolecular Hbond substituents is 2. The van der Waals surface area contributed by atoms with Gasteiger partial charge in [-0.15, -0.1) is 0 Å². The third-order valence-corrected chi connectivity index (χ3v) is 7.76. The average molecular weight is 571 g/mol. The number of rotatable bonds is 13. The first-order valence-corrected chi connectivity index (χ1v) is 14.2. The molecule has 0 aromatic heterocycles. The fourth-order valence-electron chi connectivity index (χ4n) is 5.14. The number of phenols is 2. The first-order valence-electron chi connectivity index (χ1n) is 14.2. The van der Waals surface area contributed by atoms with Crippen LogP contribution in [-0.2, 0) is 9.59 Å². The molecule has 0 amide bonds. The van der Waals surface area contributed by atoms with Gasteiger partial charge in [0.05, 0.1) is 20.1 Å². The van der Waals surface area contributed by atoms with Gasteiger partial charge in [-0.25, -0.2) is 0 Å². The van der Waals surface area contributed by atoms with Crippen molar-refractivity contribution < 1.29 is 29.3 Å². The molecule has 0 spiro atoms. The minimum Gasteiger partial charge on any atom is -0.504 e. The summed E-state index contributed by atoms with van der Waals surface area (Å²) in [6, 6.07) is 9.55. The Morgan fingerprint density at radius 3 is 1.95 bits per heavy atom. The largest absolute Gasteiger partial charge is 0.504 e. The van der Waals surface area contributed by atoms with E-state index in [9.17, 15) is 19.8 Å². The summed E-state index contributed by atoms with van der Waals surface area (Å²) in [5.41, 5.74) is 1.69. The third kappa shape index (κ3) is 8.59. The van der Waals surface area contributed by atoms with Crippen molar-refractivity contribution in [2.45, 2.75) is 40.0 Å². The number of ether oxygens (including phenoxy) is 2. The van der Waals surface area contributed by atoms with Gasteiger partial charge in [-0.05, 0) is 84.1 Å². The second kappa shape index (κ2) is 14.5. The second-order valence-corrected chi connectivity index (χ2v) is 11.4. The maximum Gasteiger partial charge on any atom is 0.167 e. The van der Waals surface area contributed by atoms with E-state index in [1.54, 1.807) is 36.4 Å². The summed E-state index contributed by atoms with van der Waals surface area (Å²) in [5, 5.41) is 19.8. The molecule has 0 radical (unpaired) electrons. The number of carbonyl (C=O) groups excluding carboxylic acids is 2. The van der Waals surface area contributed by atoms with E-state index in [1.165, 1.54) is 38.5 Å². The average Bonchev–Trinajstić information content (AvgIpc) is 2.96. The summed E-state index contributed by atoms with van der Waals surface area (Å²) in [5.74, 6) is -0.186. The summed E-state index contributed by atoms with van der Waals surface area (Å²) in [4.78, 5) is 27.3. The van der Waals surface area contributed by atoms with E-state index in [-0.39, 0.29) is 23.1 Å². The van der Waals surface area contributed by atoms with Crippen LogP contribution < -0.4 is 9.47 Å². The minimum atomic E-state index is -0.979. The van der Waals surface area contributed by atoms with E-state index in [0.29, 0.717) is 34.5 Å². The number of methoxy groups -OCH3 is 2. The Labute approximate surface area is 249 Å². The molecule has 0 fully saturated rings. The highest BCUT2D eigenvalue weighted by atomic mass is 16.5. The molecule has 6 nitrogen and oxygen atoms in total. The molecular formula is C36H42O6. The minimum absolute atomic E-state index is 0.000761. The Hall–Kier alpha value is -4.32. The molecule has 0 unspecified atom stereocenters. The Morgan fingerprint density at radius 2 is 1.50 bits per heavy atom. The van der Waals surface area contributed by atoms with Gasteiger partial charge in [0, 0.05) is 0 Å². The zero-order valence-corrected chi connectivity index (χ0v) is 25.2. The van der Waals surface area contributed by atoms with Crippen LogP contribution in [0.2, 0.25) is 0 Å². The molecular weight excluding hydrogens is 528 g/mol. The van der Waals surface area contributed by atoms with E-state index in [2.05, 4.69) is 31.7 Å². The topological polar surface area (TPSA) is 93.1 Å². The predicted octanol–water partition coefficient (Wildman–Crippen LogP) is 7.73. The molecule has 0 aliphatic heterocycles. The number of ketones is 2. The van der Waals surface area contributed by atoms with E-state index in [1.807, 2.05) is 19.9 Å². The zero-order valence-electron chi connectivity index (χ0n) is 25.2. The molecule has 0 heterocycles. The van der Waals surface area contributed by atoms with Crippen molar-refractivity contribution in [2.24, 2.45) is 23.2 Å². The van der Waals surface area contributed by atoms with Gasteiger partial charge < -0.3 is 19.7 Å². The van der Waals surface area contributed by atoms with Crippen molar-refractivity contribution in [3.05, 3.63) is 96.1 Å². The highest BCUT2D eigenvalue weighted by Crippen LogP contribution is 2.34. The Kier molecular flexibility index (Phi) is 11.1. The zero-order chi connectivity index (χ0) is 30.9. The molecule has 2 aromatic rings. The standard InChI is InChI=1S/C36H42O6/c1-24-9-15-28(16-10-24)25(2)8-7-21-36(3,4)35(31(39)19-13-26-11-17-29(37)33(22-26)41-5)32(40)20-14-27-12-18-30(38)34(23-27)42-6/h7,9,11-15,17-23,25,28,35,37-38H,1,8,10,16H2,2-6H3/b19-13+,20-14+,21-7+/t25-,28+/m0/s1. The molecule has 42 heavy (non-hydrogen) atoms. The summed E-state index contributed by atoms with van der Waals surface area (Å²) in [6.07, 6.45) is 17.4. The Morgan fingerprint density at radius 1 is 0.976 bits per heavy atom. The highest BCUT2D eigenvalue weighted by molar-refractivity contribution is 6.14. The van der Waals surface area contributed by atoms with Gasteiger partial charge in [0.25, 0.3) is 0 Å². The van der Waals surface area contributed by atoms with Crippen LogP contribution in [0.25, 0.3) is 12.2 Å². The molecule has 0 saturated carbocycles. The van der Waals surface area contributed by atoms with Crippen LogP contribution in [0.4, 0.5) is 0 Å². The molecule has 1 aliphatic carbocycles. The number of carbonyl (C=O) groups is 2. The maximum atomic E-state index is 13.6. The molecule has 3 rings (SSSR count). The summed E-state index contributed by atoms with van der Waals surface area (Å²) in [6.45, 7) is 10.1. The van der Waals surface area contributed by atoms with E-state index in [4.69, 9.17) is 9.47 Å². The van der Waals surface area contributed by atoms with Gasteiger partial charge in [-0.2, -0.15) is 0 Å². The maximum absolute atomic E-state index is 13.6. The molecule has 6 heteroatoms. The lowest BCUT2D eigenvalue weighted by molar-refractivity contribution is -0.130. The number of benzene rings is 2. The molecule has 2 atom stereocenters. The SMILES string of the molecule is C=C1C=C[C@@H]([C@@H](C)C/C=C/C(C)(C)C(C(=O)/C=C/c2ccc(O)c(OC)c2)C(=O)/C=C/c2ccc(O)c(OC)c2)CC1. The van der Waals surface area contributed by atoms with Gasteiger partial charge in [0.1, 0.15) is 0 Å². The lowest BCUT2D eigenvalue weighted by Gasteiger charge is -2.28. The molecule has 0 saturated heterocycles. The highest BCUT2D eigenvalue weighted by Gasteiger charge is 2.36. The van der Waals surface area contributed by atoms with E-state index < -0.39 is 11.3 Å². The normalized spacial score (nSPS) is 16.5. The molecule has 1 aliphatic rings. The van der Waals surface area contributed by atoms with Crippen molar-refractivity contribution in [3.8, 4) is 23.0 Å². The monoisotopic (exact) mass is 570 g/mol. The van der Waals surface area contributed by atoms with Gasteiger partial charge in [-0.1, -0.05) is 81.5 Å². The fourth-order valence-corrected chi connectivity index (χ4v) is 5.14. The molecule has 0 bridgehead atoms. The summed E-state index contributed by atoms with van der Waals surface area (Å²) < 4.78 is 10.3. The summed E-state index contributed by atoms with van der Waals surface area (Å²) in [7, 11) is 2.91. The lowest BCUT2D eigenvalue weighted by atomic mass is 9.73. The Balaban J connectivity index is 1.86. The smallest absolute Gasteiger partial charge is 0.167 e. The number of aromatic hydroxyl groups is 2. The van der Waals surface area contributed by atoms with Crippen LogP contribution in [0, 0.1) is 23.2 Å². The summed E-state index contributed by atoms with van der Waals surface area (Å²) >= 11 is 0. The molecule has 2 aromatic carbocycles. The first-order chi connectivity index (χ1) is 19.9. The second-order valence-electron chi connectivity index (χ2n) is 11.4. The van der Waals surface area contributed by atoms with Crippen LogP contribution in [0.15, 0.2) is 85.0 Å². The van der Waals surface area contributed by atoms with Gasteiger partial charge in [0.15, 0.2) is 34.6 Å². The molecule has 2 N–H and O–H groups in total. The van der Waals surface area contributed by atoms with Gasteiger partial charge in [0.2, 0.25) is 0 Å². The van der Waals surface area contributed by atoms with Gasteiger partial charge >= 0.3 is 0 Å². The van der Waals surface area contributed by atoms with Crippen molar-refractivity contribution >= 4 is 23.7 Å². The quantitative estimate of drug-likeness (QED) is 0.145. The van der Waals surface area contributed by atoms with Crippen molar-refractivity contribution in [2.75, 3.05) is 14.2 Å². The van der Waals surface area contributed by atoms with Crippen LogP contribution in [0.3, 0.4) is 0 Å². The van der Waals surface area contributed by atoms with Gasteiger partial charge in [-0.3, -0.25) is 9.59 Å². The van der Waals surface area contributed by atoms with Crippen LogP contribution in [0.1, 0.15) is 51.2 Å².